The van der Waals surface area contributed by atoms with Crippen LogP contribution in [0.1, 0.15) is 23.0 Å². The molecule has 0 aliphatic carbocycles. The van der Waals surface area contributed by atoms with Gasteiger partial charge in [0.25, 0.3) is 5.91 Å². The molecule has 3 aromatic heterocycles. The lowest BCUT2D eigenvalue weighted by Gasteiger charge is -2.14. The molecule has 0 aromatic carbocycles. The van der Waals surface area contributed by atoms with Crippen LogP contribution >= 0.6 is 0 Å². The number of nitrogens with zero attached hydrogens (tertiary/aromatic N) is 6. The first-order valence-corrected chi connectivity index (χ1v) is 6.74. The highest BCUT2D eigenvalue weighted by molar-refractivity contribution is 5.93. The summed E-state index contributed by atoms with van der Waals surface area (Å²) in [5.74, 6) is -0.134. The third-order valence-corrected chi connectivity index (χ3v) is 3.23. The first-order valence-electron chi connectivity index (χ1n) is 6.74. The quantitative estimate of drug-likeness (QED) is 0.722. The third-order valence-electron chi connectivity index (χ3n) is 3.23. The molecule has 3 rings (SSSR count). The van der Waals surface area contributed by atoms with Crippen LogP contribution in [0.25, 0.3) is 5.65 Å². The molecule has 21 heavy (non-hydrogen) atoms. The van der Waals surface area contributed by atoms with E-state index in [1.54, 1.807) is 47.2 Å². The Kier molecular flexibility index (Phi) is 3.39. The van der Waals surface area contributed by atoms with Crippen LogP contribution < -0.4 is 0 Å². The molecule has 0 unspecified atom stereocenters. The summed E-state index contributed by atoms with van der Waals surface area (Å²) in [6.45, 7) is 3.34. The van der Waals surface area contributed by atoms with Crippen molar-refractivity contribution in [3.05, 3.63) is 48.2 Å². The second-order valence-corrected chi connectivity index (χ2v) is 4.82. The summed E-state index contributed by atoms with van der Waals surface area (Å²) in [5.41, 5.74) is 2.04. The molecular weight excluding hydrogens is 268 g/mol. The summed E-state index contributed by atoms with van der Waals surface area (Å²) in [4.78, 5) is 18.2. The number of carbonyl (C=O) groups is 1. The lowest BCUT2D eigenvalue weighted by atomic mass is 10.3. The first kappa shape index (κ1) is 13.3. The minimum absolute atomic E-state index is 0.134. The molecule has 0 saturated heterocycles. The molecule has 0 spiro atoms. The largest absolute Gasteiger partial charge is 0.336 e. The minimum Gasteiger partial charge on any atom is -0.336 e. The highest BCUT2D eigenvalue weighted by Gasteiger charge is 2.16. The zero-order valence-electron chi connectivity index (χ0n) is 12.0. The summed E-state index contributed by atoms with van der Waals surface area (Å²) in [5, 5.41) is 8.44. The smallest absolute Gasteiger partial charge is 0.274 e. The van der Waals surface area contributed by atoms with Gasteiger partial charge >= 0.3 is 0 Å². The van der Waals surface area contributed by atoms with Gasteiger partial charge in [0.05, 0.1) is 6.20 Å². The topological polar surface area (TPSA) is 68.3 Å². The van der Waals surface area contributed by atoms with Crippen molar-refractivity contribution in [2.24, 2.45) is 0 Å². The zero-order chi connectivity index (χ0) is 14.8. The Balaban J connectivity index is 1.77. The van der Waals surface area contributed by atoms with Crippen LogP contribution in [0.2, 0.25) is 0 Å². The molecule has 3 aromatic rings. The van der Waals surface area contributed by atoms with Gasteiger partial charge in [-0.3, -0.25) is 9.48 Å². The van der Waals surface area contributed by atoms with Gasteiger partial charge in [0.2, 0.25) is 0 Å². The fraction of sp³-hybridized carbons (Fsp3) is 0.286. The predicted molar refractivity (Wildman–Crippen MR) is 76.7 cm³/mol. The Morgan fingerprint density at radius 1 is 1.43 bits per heavy atom. The number of aromatic nitrogens is 5. The van der Waals surface area contributed by atoms with Crippen LogP contribution in [0.4, 0.5) is 0 Å². The number of aryl methyl sites for hydroxylation is 1. The number of hydrogen-bond donors (Lipinski definition) is 0. The fourth-order valence-electron chi connectivity index (χ4n) is 2.14. The molecular formula is C14H16N6O. The van der Waals surface area contributed by atoms with Crippen LogP contribution in [0, 0.1) is 0 Å². The van der Waals surface area contributed by atoms with Gasteiger partial charge < -0.3 is 4.90 Å². The van der Waals surface area contributed by atoms with E-state index in [0.717, 1.165) is 12.1 Å². The van der Waals surface area contributed by atoms with E-state index in [9.17, 15) is 4.79 Å². The lowest BCUT2D eigenvalue weighted by molar-refractivity contribution is 0.0779. The molecule has 7 heteroatoms. The molecule has 0 aliphatic heterocycles. The Bertz CT molecular complexity index is 741. The zero-order valence-corrected chi connectivity index (χ0v) is 12.0. The van der Waals surface area contributed by atoms with Crippen molar-refractivity contribution in [1.82, 2.24) is 29.3 Å². The molecule has 108 valence electrons. The molecule has 3 heterocycles. The molecule has 1 amide bonds. The normalized spacial score (nSPS) is 11.0. The van der Waals surface area contributed by atoms with Crippen LogP contribution in [0.15, 0.2) is 36.9 Å². The molecule has 0 saturated carbocycles. The first-order chi connectivity index (χ1) is 10.2. The SMILES string of the molecule is CCn1cc(CN(C)C(=O)c2cc3ncccn3n2)cn1. The van der Waals surface area contributed by atoms with Gasteiger partial charge in [-0.15, -0.1) is 0 Å². The Labute approximate surface area is 121 Å². The number of hydrogen-bond acceptors (Lipinski definition) is 4. The number of carbonyl (C=O) groups excluding carboxylic acids is 1. The third kappa shape index (κ3) is 2.62. The van der Waals surface area contributed by atoms with Gasteiger partial charge in [0.15, 0.2) is 11.3 Å². The standard InChI is InChI=1S/C14H16N6O/c1-3-19-10-11(8-16-19)9-18(2)14(21)12-7-13-15-5-4-6-20(13)17-12/h4-8,10H,3,9H2,1-2H3. The summed E-state index contributed by atoms with van der Waals surface area (Å²) in [7, 11) is 1.75. The van der Waals surface area contributed by atoms with Crippen LogP contribution in [-0.2, 0) is 13.1 Å². The second-order valence-electron chi connectivity index (χ2n) is 4.82. The van der Waals surface area contributed by atoms with Gasteiger partial charge in [-0.2, -0.15) is 10.2 Å². The molecule has 0 radical (unpaired) electrons. The van der Waals surface area contributed by atoms with E-state index in [2.05, 4.69) is 15.2 Å². The van der Waals surface area contributed by atoms with Gasteiger partial charge in [-0.25, -0.2) is 9.50 Å². The highest BCUT2D eigenvalue weighted by Crippen LogP contribution is 2.09. The Hall–Kier alpha value is -2.70. The lowest BCUT2D eigenvalue weighted by Crippen LogP contribution is -2.26. The Morgan fingerprint density at radius 2 is 2.29 bits per heavy atom. The maximum atomic E-state index is 12.4. The average Bonchev–Trinajstić information content (AvgIpc) is 3.12. The van der Waals surface area contributed by atoms with E-state index < -0.39 is 0 Å². The maximum absolute atomic E-state index is 12.4. The van der Waals surface area contributed by atoms with Crippen molar-refractivity contribution >= 4 is 11.6 Å². The molecule has 0 N–H and O–H groups in total. The second kappa shape index (κ2) is 5.35. The molecule has 0 atom stereocenters. The van der Waals surface area contributed by atoms with E-state index in [1.165, 1.54) is 0 Å². The highest BCUT2D eigenvalue weighted by atomic mass is 16.2. The van der Waals surface area contributed by atoms with Gasteiger partial charge in [0.1, 0.15) is 0 Å². The van der Waals surface area contributed by atoms with Crippen molar-refractivity contribution in [3.8, 4) is 0 Å². The molecule has 0 aliphatic rings. The van der Waals surface area contributed by atoms with E-state index in [-0.39, 0.29) is 5.91 Å². The van der Waals surface area contributed by atoms with Crippen molar-refractivity contribution in [3.63, 3.8) is 0 Å². The minimum atomic E-state index is -0.134. The van der Waals surface area contributed by atoms with E-state index in [1.807, 2.05) is 17.8 Å². The van der Waals surface area contributed by atoms with Crippen LogP contribution in [-0.4, -0.2) is 42.2 Å². The van der Waals surface area contributed by atoms with Crippen molar-refractivity contribution in [2.75, 3.05) is 7.05 Å². The van der Waals surface area contributed by atoms with Crippen molar-refractivity contribution in [1.29, 1.82) is 0 Å². The van der Waals surface area contributed by atoms with Gasteiger partial charge in [0, 0.05) is 50.4 Å². The fourth-order valence-corrected chi connectivity index (χ4v) is 2.14. The predicted octanol–water partition coefficient (Wildman–Crippen LogP) is 1.22. The van der Waals surface area contributed by atoms with E-state index >= 15 is 0 Å². The monoisotopic (exact) mass is 284 g/mol. The Morgan fingerprint density at radius 3 is 3.00 bits per heavy atom. The van der Waals surface area contributed by atoms with Crippen molar-refractivity contribution in [2.45, 2.75) is 20.0 Å². The number of amides is 1. The van der Waals surface area contributed by atoms with Crippen LogP contribution in [0.3, 0.4) is 0 Å². The van der Waals surface area contributed by atoms with Crippen LogP contribution in [0.5, 0.6) is 0 Å². The summed E-state index contributed by atoms with van der Waals surface area (Å²) >= 11 is 0. The number of fused-ring (bicyclic) bond motifs is 1. The number of rotatable bonds is 4. The maximum Gasteiger partial charge on any atom is 0.274 e. The average molecular weight is 284 g/mol. The summed E-state index contributed by atoms with van der Waals surface area (Å²) in [6, 6.07) is 3.46. The molecule has 0 fully saturated rings. The summed E-state index contributed by atoms with van der Waals surface area (Å²) in [6.07, 6.45) is 7.16. The van der Waals surface area contributed by atoms with Gasteiger partial charge in [-0.1, -0.05) is 0 Å². The van der Waals surface area contributed by atoms with Crippen molar-refractivity contribution < 1.29 is 4.79 Å². The van der Waals surface area contributed by atoms with E-state index in [4.69, 9.17) is 0 Å². The summed E-state index contributed by atoms with van der Waals surface area (Å²) < 4.78 is 3.43. The molecule has 0 bridgehead atoms. The molecule has 7 nitrogen and oxygen atoms in total. The van der Waals surface area contributed by atoms with Gasteiger partial charge in [-0.05, 0) is 13.0 Å². The van der Waals surface area contributed by atoms with E-state index in [0.29, 0.717) is 17.9 Å².